The van der Waals surface area contributed by atoms with Crippen LogP contribution in [0.3, 0.4) is 0 Å². The molecule has 432 valence electrons. The van der Waals surface area contributed by atoms with Gasteiger partial charge in [0.15, 0.2) is 0 Å². The maximum Gasteiger partial charge on any atom is 0.411 e. The van der Waals surface area contributed by atoms with Crippen molar-refractivity contribution in [3.05, 3.63) is 266 Å². The van der Waals surface area contributed by atoms with E-state index in [9.17, 15) is 14.4 Å². The summed E-state index contributed by atoms with van der Waals surface area (Å²) >= 11 is 0. The number of methoxy groups -OCH3 is 2. The monoisotopic (exact) mass is 1150 g/mol. The molecule has 0 bridgehead atoms. The predicted molar refractivity (Wildman–Crippen MR) is 330 cm³/mol. The molecule has 1 N–H and O–H groups in total. The largest absolute Gasteiger partial charge is 0.490 e. The van der Waals surface area contributed by atoms with Crippen molar-refractivity contribution in [3.63, 3.8) is 0 Å². The van der Waals surface area contributed by atoms with Gasteiger partial charge in [-0.25, -0.2) is 9.59 Å². The van der Waals surface area contributed by atoms with Crippen LogP contribution in [0.5, 0.6) is 11.5 Å². The summed E-state index contributed by atoms with van der Waals surface area (Å²) in [4.78, 5) is 49.9. The molecule has 1 amide bonds. The summed E-state index contributed by atoms with van der Waals surface area (Å²) in [6, 6.07) is 26.7. The summed E-state index contributed by atoms with van der Waals surface area (Å²) in [5, 5.41) is 12.1. The van der Waals surface area contributed by atoms with Gasteiger partial charge in [-0.1, -0.05) is 103 Å². The van der Waals surface area contributed by atoms with E-state index < -0.39 is 29.8 Å². The molecule has 0 radical (unpaired) electrons. The fourth-order valence-corrected chi connectivity index (χ4v) is 8.47. The van der Waals surface area contributed by atoms with Crippen LogP contribution in [0.1, 0.15) is 63.3 Å². The van der Waals surface area contributed by atoms with Crippen LogP contribution < -0.4 is 14.8 Å². The lowest BCUT2D eigenvalue weighted by atomic mass is 10.1. The second kappa shape index (κ2) is 34.6. The number of hydrogen-bond donors (Lipinski definition) is 1. The first-order valence-electron chi connectivity index (χ1n) is 26.5. The van der Waals surface area contributed by atoms with Crippen LogP contribution in [-0.2, 0) is 33.5 Å². The van der Waals surface area contributed by atoms with Crippen LogP contribution in [0.2, 0.25) is 0 Å². The zero-order chi connectivity index (χ0) is 61.5. The summed E-state index contributed by atoms with van der Waals surface area (Å²) in [6.07, 6.45) is 2.90. The first-order chi connectivity index (χ1) is 41.8. The Morgan fingerprint density at radius 3 is 1.33 bits per heavy atom. The van der Waals surface area contributed by atoms with Crippen molar-refractivity contribution in [3.8, 4) is 33.8 Å². The third-order valence-electron chi connectivity index (χ3n) is 12.0. The number of benzene rings is 4. The van der Waals surface area contributed by atoms with E-state index in [1.165, 1.54) is 19.1 Å². The number of hydrogen-bond acceptors (Lipinski definition) is 13. The second-order valence-electron chi connectivity index (χ2n) is 18.9. The molecule has 2 aliphatic carbocycles. The van der Waals surface area contributed by atoms with E-state index in [1.54, 1.807) is 32.9 Å². The summed E-state index contributed by atoms with van der Waals surface area (Å²) in [5.41, 5.74) is 60.8. The first kappa shape index (κ1) is 66.0. The van der Waals surface area contributed by atoms with E-state index in [1.807, 2.05) is 78.9 Å². The number of fused-ring (bicyclic) bond motifs is 6. The molecule has 4 aromatic carbocycles. The molecule has 4 aromatic rings. The first-order valence-corrected chi connectivity index (χ1v) is 26.5. The zero-order valence-electron chi connectivity index (χ0n) is 48.0. The van der Waals surface area contributed by atoms with Crippen molar-refractivity contribution >= 4 is 29.5 Å². The number of oxime groups is 2. The molecule has 87 heavy (non-hydrogen) atoms. The smallest absolute Gasteiger partial charge is 0.411 e. The molecular formula is C73H60N4O10. The van der Waals surface area contributed by atoms with Gasteiger partial charge in [0.2, 0.25) is 0 Å². The number of amides is 1. The Kier molecular flexibility index (Phi) is 26.2. The number of nitrogens with zero attached hydrogens (tertiary/aromatic N) is 3. The highest BCUT2D eigenvalue weighted by Gasteiger charge is 2.44. The van der Waals surface area contributed by atoms with E-state index in [0.29, 0.717) is 37.6 Å². The second-order valence-corrected chi connectivity index (χ2v) is 18.9. The number of likely N-dealkylation sites (tertiary alicyclic amines) is 1. The minimum absolute atomic E-state index is 0. The van der Waals surface area contributed by atoms with Crippen LogP contribution in [0.4, 0.5) is 4.79 Å². The average Bonchev–Trinajstić information content (AvgIpc) is 1.75. The van der Waals surface area contributed by atoms with Crippen molar-refractivity contribution in [2.24, 2.45) is 10.3 Å². The minimum atomic E-state index is -0.804. The van der Waals surface area contributed by atoms with Gasteiger partial charge < -0.3 is 38.7 Å². The fraction of sp³-hybridized carbons (Fsp3) is 0.233. The lowest BCUT2D eigenvalue weighted by Crippen LogP contribution is -2.44. The van der Waals surface area contributed by atoms with Gasteiger partial charge in [0.25, 0.3) is 0 Å². The van der Waals surface area contributed by atoms with Crippen molar-refractivity contribution in [1.82, 2.24) is 10.2 Å². The van der Waals surface area contributed by atoms with Gasteiger partial charge in [-0.3, -0.25) is 9.69 Å². The van der Waals surface area contributed by atoms with E-state index in [0.717, 1.165) is 56.0 Å². The number of carbonyl (C=O) groups is 3. The zero-order valence-corrected chi connectivity index (χ0v) is 48.0. The minimum Gasteiger partial charge on any atom is -0.490 e. The number of rotatable bonds is 12. The van der Waals surface area contributed by atoms with Crippen molar-refractivity contribution in [2.75, 3.05) is 40.5 Å². The third kappa shape index (κ3) is 19.7. The standard InChI is InChI=1S/C27H30N2O6.C23H4.C22H22N2O4.CH4/c1-6-13-33-17-11-12-20-19-9-7-8-10-21(19)24(22(20)14-17)28-35-18-15-23(25(30)32-5)29(16-18)26(31)34-27(2,3)4;1-3-5-7-9-11-13-15-17-19-21-23-22-20-18-16-14-12-10-8-6-4-2;1-3-10-27-14-8-9-17-16-6-4-5-7-18(16)21(19(17)11-14)24-28-15-12-20(23-13-15)22(25)26-2;/h6-12,14,18,23H,1,13,15-16H2,2-5H3;1-2H2;3-9,11,15,20,23H,1,10,12-13H2,2H3;1H4/t18-,23+;;15-,20+;/m1.1./s1. The predicted octanol–water partition coefficient (Wildman–Crippen LogP) is 12.2. The Morgan fingerprint density at radius 1 is 0.552 bits per heavy atom. The Balaban J connectivity index is 0.000000243. The van der Waals surface area contributed by atoms with Gasteiger partial charge in [-0.05, 0) is 184 Å². The molecule has 8 rings (SSSR count). The molecule has 4 atom stereocenters. The summed E-state index contributed by atoms with van der Waals surface area (Å²) in [6.45, 7) is 20.8. The normalized spacial score (nSPS) is 15.7. The molecule has 2 saturated heterocycles. The Labute approximate surface area is 506 Å². The quantitative estimate of drug-likeness (QED) is 0.0409. The SMILES string of the molecule is C.C=C=C=C=C=C=C=C=C=C=C=C=C=C=C=C=C=C=C=C=C=C=C.C=CCOc1ccc2c(c1)C(=NO[C@@H]1C[C@@H](C(=O)OC)N(C(=O)OC(C)(C)C)C1)c1ccccc1-2.C=CCOc1ccc2c(c1)C(=NO[C@H]1CN[C@H](C(=O)OC)C1)c1ccccc1-2. The Morgan fingerprint density at radius 2 is 0.943 bits per heavy atom. The van der Waals surface area contributed by atoms with Crippen LogP contribution in [0.25, 0.3) is 22.3 Å². The molecule has 2 aliphatic heterocycles. The fourth-order valence-electron chi connectivity index (χ4n) is 8.47. The van der Waals surface area contributed by atoms with Gasteiger partial charge in [-0.15, -0.1) is 0 Å². The van der Waals surface area contributed by atoms with E-state index in [-0.39, 0.29) is 38.5 Å². The van der Waals surface area contributed by atoms with Crippen LogP contribution in [0, 0.1) is 0 Å². The van der Waals surface area contributed by atoms with Gasteiger partial charge in [0.1, 0.15) is 66.0 Å². The molecule has 14 nitrogen and oxygen atoms in total. The number of esters is 2. The maximum absolute atomic E-state index is 12.7. The molecule has 0 spiro atoms. The highest BCUT2D eigenvalue weighted by atomic mass is 16.6. The molecule has 2 heterocycles. The Hall–Kier alpha value is -11.8. The molecule has 14 heteroatoms. The van der Waals surface area contributed by atoms with E-state index in [4.69, 9.17) is 33.4 Å². The third-order valence-corrected chi connectivity index (χ3v) is 12.0. The number of nitrogens with one attached hydrogen (secondary N) is 1. The summed E-state index contributed by atoms with van der Waals surface area (Å²) in [7, 11) is 2.68. The average molecular weight is 1150 g/mol. The van der Waals surface area contributed by atoms with Gasteiger partial charge in [0.05, 0.1) is 20.8 Å². The maximum atomic E-state index is 12.7. The van der Waals surface area contributed by atoms with Gasteiger partial charge in [-0.2, -0.15) is 0 Å². The molecule has 4 aliphatic rings. The molecule has 0 aromatic heterocycles. The van der Waals surface area contributed by atoms with Crippen molar-refractivity contribution in [1.29, 1.82) is 0 Å². The van der Waals surface area contributed by atoms with E-state index in [2.05, 4.69) is 168 Å². The lowest BCUT2D eigenvalue weighted by molar-refractivity contribution is -0.146. The highest BCUT2D eigenvalue weighted by Crippen LogP contribution is 2.40. The Bertz CT molecular complexity index is 4130. The molecular weight excluding hydrogens is 1090 g/mol. The summed E-state index contributed by atoms with van der Waals surface area (Å²) in [5.74, 6) is 0.661. The summed E-state index contributed by atoms with van der Waals surface area (Å²) < 4.78 is 26.6. The topological polar surface area (TPSA) is 156 Å². The number of carbonyl (C=O) groups excluding carboxylic acids is 3. The van der Waals surface area contributed by atoms with Crippen molar-refractivity contribution in [2.45, 2.75) is 70.9 Å². The molecule has 2 fully saturated rings. The van der Waals surface area contributed by atoms with Gasteiger partial charge in [0, 0.05) is 58.8 Å². The van der Waals surface area contributed by atoms with Crippen LogP contribution in [0.15, 0.2) is 254 Å². The lowest BCUT2D eigenvalue weighted by Gasteiger charge is -2.27. The molecule has 0 saturated carbocycles. The van der Waals surface area contributed by atoms with Gasteiger partial charge >= 0.3 is 18.0 Å². The van der Waals surface area contributed by atoms with E-state index >= 15 is 0 Å². The molecule has 0 unspecified atom stereocenters. The van der Waals surface area contributed by atoms with Crippen molar-refractivity contribution < 1.29 is 47.7 Å². The number of ether oxygens (including phenoxy) is 5. The van der Waals surface area contributed by atoms with Crippen LogP contribution >= 0.6 is 0 Å². The van der Waals surface area contributed by atoms with Crippen LogP contribution in [-0.4, -0.2) is 105 Å². The highest BCUT2D eigenvalue weighted by molar-refractivity contribution is 6.25.